The molecule has 5 nitrogen and oxygen atoms in total. The maximum atomic E-state index is 11.8. The van der Waals surface area contributed by atoms with Crippen LogP contribution in [0.1, 0.15) is 110 Å². The lowest BCUT2D eigenvalue weighted by Gasteiger charge is -2.25. The number of sulfone groups is 1. The normalized spacial score (nSPS) is 16.6. The first-order chi connectivity index (χ1) is 14.5. The van der Waals surface area contributed by atoms with E-state index in [1.807, 2.05) is 4.90 Å². The second-order valence-electron chi connectivity index (χ2n) is 8.91. The summed E-state index contributed by atoms with van der Waals surface area (Å²) in [5.74, 6) is 0.260. The van der Waals surface area contributed by atoms with Crippen LogP contribution in [0.5, 0.6) is 0 Å². The Bertz CT molecular complexity index is 507. The van der Waals surface area contributed by atoms with E-state index in [9.17, 15) is 13.2 Å². The number of carbonyl (C=O) groups is 1. The highest BCUT2D eigenvalue weighted by Crippen LogP contribution is 2.13. The molecule has 0 atom stereocenters. The van der Waals surface area contributed by atoms with Gasteiger partial charge in [0.25, 0.3) is 0 Å². The summed E-state index contributed by atoms with van der Waals surface area (Å²) in [6.45, 7) is 4.47. The Morgan fingerprint density at radius 2 is 1.17 bits per heavy atom. The third kappa shape index (κ3) is 16.1. The van der Waals surface area contributed by atoms with Gasteiger partial charge in [-0.2, -0.15) is 0 Å². The van der Waals surface area contributed by atoms with E-state index < -0.39 is 9.84 Å². The number of esters is 1. The number of unbranched alkanes of at least 4 members (excludes halogenated alkanes) is 14. The molecule has 0 spiro atoms. The Balaban J connectivity index is 1.77. The molecular weight excluding hydrogens is 398 g/mol. The van der Waals surface area contributed by atoms with Crippen LogP contribution in [0, 0.1) is 0 Å². The van der Waals surface area contributed by atoms with Gasteiger partial charge in [0.05, 0.1) is 24.5 Å². The van der Waals surface area contributed by atoms with Gasteiger partial charge in [-0.05, 0) is 6.42 Å². The fraction of sp³-hybridized carbons (Fsp3) is 0.958. The van der Waals surface area contributed by atoms with Crippen molar-refractivity contribution in [3.05, 3.63) is 0 Å². The lowest BCUT2D eigenvalue weighted by molar-refractivity contribution is -0.144. The summed E-state index contributed by atoms with van der Waals surface area (Å²) in [7, 11) is -2.85. The molecule has 0 N–H and O–H groups in total. The number of ether oxygens (including phenoxy) is 1. The number of hydrogen-bond donors (Lipinski definition) is 0. The first-order valence-electron chi connectivity index (χ1n) is 12.6. The van der Waals surface area contributed by atoms with E-state index in [4.69, 9.17) is 4.74 Å². The number of rotatable bonds is 19. The van der Waals surface area contributed by atoms with E-state index in [2.05, 4.69) is 6.92 Å². The summed E-state index contributed by atoms with van der Waals surface area (Å²) < 4.78 is 28.1. The molecule has 0 unspecified atom stereocenters. The monoisotopic (exact) mass is 445 g/mol. The van der Waals surface area contributed by atoms with Crippen LogP contribution in [0.25, 0.3) is 0 Å². The van der Waals surface area contributed by atoms with E-state index in [-0.39, 0.29) is 17.5 Å². The predicted octanol–water partition coefficient (Wildman–Crippen LogP) is 5.52. The third-order valence-electron chi connectivity index (χ3n) is 6.08. The van der Waals surface area contributed by atoms with Gasteiger partial charge in [0.15, 0.2) is 9.84 Å². The quantitative estimate of drug-likeness (QED) is 0.193. The second kappa shape index (κ2) is 18.0. The van der Waals surface area contributed by atoms with Gasteiger partial charge in [0, 0.05) is 19.6 Å². The highest BCUT2D eigenvalue weighted by molar-refractivity contribution is 7.91. The largest absolute Gasteiger partial charge is 0.466 e. The van der Waals surface area contributed by atoms with E-state index in [0.29, 0.717) is 32.7 Å². The Hall–Kier alpha value is -0.620. The first-order valence-corrected chi connectivity index (χ1v) is 14.4. The molecule has 0 bridgehead atoms. The summed E-state index contributed by atoms with van der Waals surface area (Å²) >= 11 is 0. The van der Waals surface area contributed by atoms with Crippen molar-refractivity contribution in [2.45, 2.75) is 110 Å². The van der Waals surface area contributed by atoms with Gasteiger partial charge in [-0.25, -0.2) is 8.42 Å². The molecule has 178 valence electrons. The van der Waals surface area contributed by atoms with Crippen molar-refractivity contribution in [3.8, 4) is 0 Å². The average Bonchev–Trinajstić information content (AvgIpc) is 2.72. The SMILES string of the molecule is CCCCCCCCCCCCCCCCCOC(=O)CCN1CCS(=O)(=O)CC1. The first kappa shape index (κ1) is 27.4. The van der Waals surface area contributed by atoms with Crippen LogP contribution < -0.4 is 0 Å². The zero-order chi connectivity index (χ0) is 21.9. The molecule has 30 heavy (non-hydrogen) atoms. The van der Waals surface area contributed by atoms with E-state index in [1.165, 1.54) is 83.5 Å². The minimum atomic E-state index is -2.85. The smallest absolute Gasteiger partial charge is 0.307 e. The summed E-state index contributed by atoms with van der Waals surface area (Å²) in [6.07, 6.45) is 20.3. The van der Waals surface area contributed by atoms with Crippen LogP contribution in [-0.4, -0.2) is 57.0 Å². The van der Waals surface area contributed by atoms with E-state index >= 15 is 0 Å². The van der Waals surface area contributed by atoms with Crippen molar-refractivity contribution in [2.24, 2.45) is 0 Å². The van der Waals surface area contributed by atoms with Gasteiger partial charge in [0.2, 0.25) is 0 Å². The lowest BCUT2D eigenvalue weighted by atomic mass is 10.0. The van der Waals surface area contributed by atoms with Crippen molar-refractivity contribution in [1.29, 1.82) is 0 Å². The lowest BCUT2D eigenvalue weighted by Crippen LogP contribution is -2.41. The van der Waals surface area contributed by atoms with Gasteiger partial charge >= 0.3 is 5.97 Å². The summed E-state index contributed by atoms with van der Waals surface area (Å²) in [4.78, 5) is 13.8. The molecule has 0 radical (unpaired) electrons. The van der Waals surface area contributed by atoms with E-state index in [1.54, 1.807) is 0 Å². The maximum absolute atomic E-state index is 11.8. The van der Waals surface area contributed by atoms with Crippen molar-refractivity contribution < 1.29 is 17.9 Å². The van der Waals surface area contributed by atoms with Crippen LogP contribution >= 0.6 is 0 Å². The minimum Gasteiger partial charge on any atom is -0.466 e. The van der Waals surface area contributed by atoms with Gasteiger partial charge in [-0.1, -0.05) is 96.8 Å². The fourth-order valence-corrected chi connectivity index (χ4v) is 5.23. The highest BCUT2D eigenvalue weighted by atomic mass is 32.2. The third-order valence-corrected chi connectivity index (χ3v) is 7.69. The molecule has 0 saturated carbocycles. The van der Waals surface area contributed by atoms with Gasteiger partial charge < -0.3 is 9.64 Å². The molecule has 0 aromatic heterocycles. The molecule has 1 saturated heterocycles. The van der Waals surface area contributed by atoms with Crippen LogP contribution in [-0.2, 0) is 19.4 Å². The summed E-state index contributed by atoms with van der Waals surface area (Å²) in [6, 6.07) is 0. The highest BCUT2D eigenvalue weighted by Gasteiger charge is 2.21. The Labute approximate surface area is 186 Å². The molecule has 0 aromatic carbocycles. The van der Waals surface area contributed by atoms with Gasteiger partial charge in [0.1, 0.15) is 0 Å². The molecule has 6 heteroatoms. The number of hydrogen-bond acceptors (Lipinski definition) is 5. The van der Waals surface area contributed by atoms with Crippen molar-refractivity contribution in [3.63, 3.8) is 0 Å². The number of carbonyl (C=O) groups excluding carboxylic acids is 1. The molecule has 1 fully saturated rings. The molecule has 0 aromatic rings. The van der Waals surface area contributed by atoms with Crippen molar-refractivity contribution >= 4 is 15.8 Å². The summed E-state index contributed by atoms with van der Waals surface area (Å²) in [5.41, 5.74) is 0. The topological polar surface area (TPSA) is 63.7 Å². The number of nitrogens with zero attached hydrogens (tertiary/aromatic N) is 1. The molecule has 0 aliphatic carbocycles. The molecular formula is C24H47NO4S. The second-order valence-corrected chi connectivity index (χ2v) is 11.2. The Morgan fingerprint density at radius 1 is 0.733 bits per heavy atom. The Morgan fingerprint density at radius 3 is 1.63 bits per heavy atom. The van der Waals surface area contributed by atoms with Crippen LogP contribution in [0.3, 0.4) is 0 Å². The van der Waals surface area contributed by atoms with Gasteiger partial charge in [-0.15, -0.1) is 0 Å². The summed E-state index contributed by atoms with van der Waals surface area (Å²) in [5, 5.41) is 0. The Kier molecular flexibility index (Phi) is 16.4. The molecule has 1 aliphatic rings. The molecule has 0 amide bonds. The average molecular weight is 446 g/mol. The molecule has 1 aliphatic heterocycles. The van der Waals surface area contributed by atoms with Crippen molar-refractivity contribution in [2.75, 3.05) is 37.7 Å². The fourth-order valence-electron chi connectivity index (χ4n) is 3.95. The molecule has 1 rings (SSSR count). The standard InChI is InChI=1S/C24H47NO4S/c1-2-3-4-5-6-7-8-9-10-11-12-13-14-15-16-21-29-24(26)17-18-25-19-22-30(27,28)23-20-25/h2-23H2,1H3. The zero-order valence-corrected chi connectivity index (χ0v) is 20.4. The minimum absolute atomic E-state index is 0.159. The van der Waals surface area contributed by atoms with Crippen LogP contribution in [0.4, 0.5) is 0 Å². The van der Waals surface area contributed by atoms with Crippen LogP contribution in [0.15, 0.2) is 0 Å². The predicted molar refractivity (Wildman–Crippen MR) is 126 cm³/mol. The zero-order valence-electron chi connectivity index (χ0n) is 19.5. The van der Waals surface area contributed by atoms with E-state index in [0.717, 1.165) is 12.8 Å². The molecule has 1 heterocycles. The maximum Gasteiger partial charge on any atom is 0.307 e. The van der Waals surface area contributed by atoms with Gasteiger partial charge in [-0.3, -0.25) is 4.79 Å². The van der Waals surface area contributed by atoms with Crippen molar-refractivity contribution in [1.82, 2.24) is 4.90 Å². The van der Waals surface area contributed by atoms with Crippen LogP contribution in [0.2, 0.25) is 0 Å².